The molecule has 0 bridgehead atoms. The van der Waals surface area contributed by atoms with E-state index in [9.17, 15) is 9.59 Å². The number of rotatable bonds is 8. The fourth-order valence-corrected chi connectivity index (χ4v) is 3.66. The van der Waals surface area contributed by atoms with E-state index in [0.29, 0.717) is 6.61 Å². The Morgan fingerprint density at radius 1 is 1.04 bits per heavy atom. The Bertz CT molecular complexity index is 617. The average Bonchev–Trinajstić information content (AvgIpc) is 3.29. The first-order chi connectivity index (χ1) is 13.3. The van der Waals surface area contributed by atoms with Crippen LogP contribution in [0.1, 0.15) is 13.8 Å². The lowest BCUT2D eigenvalue weighted by Crippen LogP contribution is -2.51. The molecule has 0 aromatic carbocycles. The van der Waals surface area contributed by atoms with Gasteiger partial charge in [0.05, 0.1) is 19.7 Å². The van der Waals surface area contributed by atoms with Gasteiger partial charge in [-0.2, -0.15) is 0 Å². The van der Waals surface area contributed by atoms with Crippen molar-refractivity contribution in [2.75, 3.05) is 32.9 Å². The topological polar surface area (TPSA) is 108 Å². The number of alkyl carbamates (subject to hydrolysis) is 2. The molecule has 0 saturated carbocycles. The van der Waals surface area contributed by atoms with Crippen molar-refractivity contribution < 1.29 is 33.3 Å². The molecule has 3 aliphatic heterocycles. The summed E-state index contributed by atoms with van der Waals surface area (Å²) in [5.74, 6) is 0. The number of carbonyl (C=O) groups excluding carboxylic acids is 2. The third kappa shape index (κ3) is 3.86. The Hall–Kier alpha value is -2.14. The Balaban J connectivity index is 1.62. The van der Waals surface area contributed by atoms with Gasteiger partial charge >= 0.3 is 12.2 Å². The number of amides is 2. The second-order valence-corrected chi connectivity index (χ2v) is 7.28. The molecular formula is C18H27N3O7. The molecule has 3 saturated heterocycles. The number of hydrogen-bond acceptors (Lipinski definition) is 8. The lowest BCUT2D eigenvalue weighted by Gasteiger charge is -2.32. The highest BCUT2D eigenvalue weighted by molar-refractivity contribution is 5.67. The first kappa shape index (κ1) is 20.6. The summed E-state index contributed by atoms with van der Waals surface area (Å²) in [6, 6.07) is 0. The van der Waals surface area contributed by atoms with Gasteiger partial charge in [-0.3, -0.25) is 0 Å². The molecule has 0 spiro atoms. The minimum atomic E-state index is -0.805. The fraction of sp³-hybridized carbons (Fsp3) is 0.667. The smallest absolute Gasteiger partial charge is 0.407 e. The van der Waals surface area contributed by atoms with Crippen molar-refractivity contribution in [2.24, 2.45) is 0 Å². The largest absolute Gasteiger partial charge is 0.445 e. The van der Waals surface area contributed by atoms with Gasteiger partial charge in [-0.1, -0.05) is 25.3 Å². The van der Waals surface area contributed by atoms with Crippen LogP contribution in [0.25, 0.3) is 0 Å². The lowest BCUT2D eigenvalue weighted by atomic mass is 10.1. The maximum absolute atomic E-state index is 11.8. The fourth-order valence-electron chi connectivity index (χ4n) is 3.66. The van der Waals surface area contributed by atoms with Crippen LogP contribution >= 0.6 is 0 Å². The summed E-state index contributed by atoms with van der Waals surface area (Å²) < 4.78 is 28.1. The van der Waals surface area contributed by atoms with Crippen LogP contribution in [0, 0.1) is 0 Å². The van der Waals surface area contributed by atoms with Gasteiger partial charge in [0, 0.05) is 0 Å². The molecule has 2 amide bonds. The van der Waals surface area contributed by atoms with Crippen LogP contribution in [0.3, 0.4) is 0 Å². The second-order valence-electron chi connectivity index (χ2n) is 7.28. The van der Waals surface area contributed by atoms with Crippen LogP contribution in [0.15, 0.2) is 25.3 Å². The summed E-state index contributed by atoms with van der Waals surface area (Å²) in [5.41, 5.74) is -1.61. The number of hydrogen-bond donors (Lipinski definition) is 2. The monoisotopic (exact) mass is 397 g/mol. The van der Waals surface area contributed by atoms with E-state index in [1.165, 1.54) is 12.2 Å². The minimum absolute atomic E-state index is 0.125. The molecule has 3 heterocycles. The Morgan fingerprint density at radius 3 is 2.11 bits per heavy atom. The van der Waals surface area contributed by atoms with Crippen LogP contribution in [0.5, 0.6) is 0 Å². The van der Waals surface area contributed by atoms with Crippen molar-refractivity contribution >= 4 is 12.2 Å². The molecule has 0 aromatic rings. The lowest BCUT2D eigenvalue weighted by molar-refractivity contribution is -0.126. The van der Waals surface area contributed by atoms with E-state index in [-0.39, 0.29) is 32.5 Å². The number of ether oxygens (including phenoxy) is 5. The van der Waals surface area contributed by atoms with Crippen molar-refractivity contribution in [1.82, 2.24) is 15.5 Å². The highest BCUT2D eigenvalue weighted by atomic mass is 16.7. The average molecular weight is 397 g/mol. The van der Waals surface area contributed by atoms with E-state index in [1.807, 2.05) is 18.7 Å². The van der Waals surface area contributed by atoms with Gasteiger partial charge in [0.1, 0.15) is 43.1 Å². The predicted octanol–water partition coefficient (Wildman–Crippen LogP) is 0.699. The SMILES string of the molecule is C=CCOC(=O)NC[C@@]1(C)O[C@H]2CO[C@@H]3N2[C@H]1O[C@]3(C)CNC(=O)OCC=C. The van der Waals surface area contributed by atoms with Gasteiger partial charge in [0.25, 0.3) is 0 Å². The highest BCUT2D eigenvalue weighted by Crippen LogP contribution is 2.48. The molecule has 156 valence electrons. The summed E-state index contributed by atoms with van der Waals surface area (Å²) in [7, 11) is 0. The van der Waals surface area contributed by atoms with Gasteiger partial charge in [0.2, 0.25) is 0 Å². The van der Waals surface area contributed by atoms with E-state index < -0.39 is 35.8 Å². The third-order valence-electron chi connectivity index (χ3n) is 4.93. The molecule has 0 aliphatic carbocycles. The van der Waals surface area contributed by atoms with Gasteiger partial charge < -0.3 is 34.3 Å². The zero-order valence-electron chi connectivity index (χ0n) is 16.1. The van der Waals surface area contributed by atoms with Gasteiger partial charge in [-0.25, -0.2) is 14.5 Å². The number of nitrogens with one attached hydrogen (secondary N) is 2. The summed E-state index contributed by atoms with van der Waals surface area (Å²) in [6.45, 7) is 11.7. The summed E-state index contributed by atoms with van der Waals surface area (Å²) in [6.07, 6.45) is 0.723. The maximum atomic E-state index is 11.8. The molecule has 0 unspecified atom stereocenters. The summed E-state index contributed by atoms with van der Waals surface area (Å²) >= 11 is 0. The molecule has 0 radical (unpaired) electrons. The van der Waals surface area contributed by atoms with Crippen LogP contribution in [-0.4, -0.2) is 79.9 Å². The van der Waals surface area contributed by atoms with Gasteiger partial charge in [-0.05, 0) is 13.8 Å². The van der Waals surface area contributed by atoms with Crippen molar-refractivity contribution in [1.29, 1.82) is 0 Å². The van der Waals surface area contributed by atoms with E-state index in [1.54, 1.807) is 0 Å². The maximum Gasteiger partial charge on any atom is 0.407 e. The quantitative estimate of drug-likeness (QED) is 0.577. The first-order valence-electron chi connectivity index (χ1n) is 9.11. The van der Waals surface area contributed by atoms with Crippen molar-refractivity contribution in [3.8, 4) is 0 Å². The van der Waals surface area contributed by atoms with Gasteiger partial charge in [-0.15, -0.1) is 0 Å². The summed E-state index contributed by atoms with van der Waals surface area (Å²) in [5, 5.41) is 5.38. The Kier molecular flexibility index (Phi) is 5.94. The minimum Gasteiger partial charge on any atom is -0.445 e. The van der Waals surface area contributed by atoms with Crippen LogP contribution in [0.4, 0.5) is 9.59 Å². The van der Waals surface area contributed by atoms with Gasteiger partial charge in [0.15, 0.2) is 0 Å². The zero-order valence-corrected chi connectivity index (χ0v) is 16.1. The molecule has 0 aromatic heterocycles. The molecule has 10 nitrogen and oxygen atoms in total. The molecule has 2 N–H and O–H groups in total. The Morgan fingerprint density at radius 2 is 1.57 bits per heavy atom. The predicted molar refractivity (Wildman–Crippen MR) is 97.2 cm³/mol. The molecule has 3 rings (SSSR count). The Labute approximate surface area is 163 Å². The second kappa shape index (κ2) is 8.08. The van der Waals surface area contributed by atoms with E-state index in [4.69, 9.17) is 23.7 Å². The van der Waals surface area contributed by atoms with Crippen molar-refractivity contribution in [3.63, 3.8) is 0 Å². The number of carbonyl (C=O) groups is 2. The van der Waals surface area contributed by atoms with E-state index in [0.717, 1.165) is 0 Å². The molecule has 10 heteroatoms. The summed E-state index contributed by atoms with van der Waals surface area (Å²) in [4.78, 5) is 25.5. The van der Waals surface area contributed by atoms with Crippen molar-refractivity contribution in [3.05, 3.63) is 25.3 Å². The third-order valence-corrected chi connectivity index (χ3v) is 4.93. The molecular weight excluding hydrogens is 370 g/mol. The van der Waals surface area contributed by atoms with Crippen molar-refractivity contribution in [2.45, 2.75) is 43.7 Å². The van der Waals surface area contributed by atoms with E-state index >= 15 is 0 Å². The highest BCUT2D eigenvalue weighted by Gasteiger charge is 2.67. The molecule has 28 heavy (non-hydrogen) atoms. The first-order valence-corrected chi connectivity index (χ1v) is 9.11. The molecule has 3 fully saturated rings. The zero-order chi connectivity index (χ0) is 20.4. The van der Waals surface area contributed by atoms with Crippen LogP contribution in [0.2, 0.25) is 0 Å². The van der Waals surface area contributed by atoms with Crippen LogP contribution < -0.4 is 10.6 Å². The van der Waals surface area contributed by atoms with E-state index in [2.05, 4.69) is 23.8 Å². The molecule has 5 atom stereocenters. The van der Waals surface area contributed by atoms with Crippen LogP contribution in [-0.2, 0) is 23.7 Å². The normalized spacial score (nSPS) is 35.9. The standard InChI is InChI=1S/C18H27N3O7/c1-5-7-24-15(22)19-10-17(3)13-21-12(9-26-13)27-18(4,14(21)28-17)11-20-16(23)25-8-6-2/h5-6,12-14H,1-2,7-11H2,3-4H3,(H,19,22)(H,20,23)/t12-,13-,14-,17+,18+/m0/s1. The number of nitrogens with zero attached hydrogens (tertiary/aromatic N) is 1. The molecule has 3 aliphatic rings.